The first-order valence-corrected chi connectivity index (χ1v) is 9.63. The van der Waals surface area contributed by atoms with Crippen LogP contribution in [-0.2, 0) is 4.73 Å². The second kappa shape index (κ2) is 20.3. The van der Waals surface area contributed by atoms with E-state index in [9.17, 15) is 4.53 Å². The average molecular weight is 326 g/mol. The average Bonchev–Trinajstić information content (AvgIpc) is 2.54. The van der Waals surface area contributed by atoms with E-state index in [1.807, 2.05) is 0 Å². The van der Waals surface area contributed by atoms with Gasteiger partial charge in [-0.15, -0.1) is 0 Å². The predicted molar refractivity (Wildman–Crippen MR) is 99.2 cm³/mol. The maximum atomic E-state index is 11.4. The SMILES string of the molecule is CCCCC/C=C\C/C=C\C/C=C\C/C=C\CCCPOF. The Balaban J connectivity index is 3.35. The molecule has 0 bridgehead atoms. The van der Waals surface area contributed by atoms with Gasteiger partial charge in [-0.3, -0.25) is 0 Å². The fourth-order valence-corrected chi connectivity index (χ4v) is 2.32. The summed E-state index contributed by atoms with van der Waals surface area (Å²) in [6.07, 6.45) is 28.7. The van der Waals surface area contributed by atoms with Crippen LogP contribution < -0.4 is 0 Å². The molecule has 0 aliphatic carbocycles. The highest BCUT2D eigenvalue weighted by Gasteiger charge is 1.85. The summed E-state index contributed by atoms with van der Waals surface area (Å²) in [5, 5.41) is 0. The third-order valence-electron chi connectivity index (χ3n) is 3.16. The van der Waals surface area contributed by atoms with Crippen LogP contribution in [0.2, 0.25) is 0 Å². The van der Waals surface area contributed by atoms with Gasteiger partial charge < -0.3 is 0 Å². The third-order valence-corrected chi connectivity index (χ3v) is 3.83. The van der Waals surface area contributed by atoms with Crippen LogP contribution in [0.25, 0.3) is 0 Å². The van der Waals surface area contributed by atoms with Crippen molar-refractivity contribution in [2.24, 2.45) is 0 Å². The molecular weight excluding hydrogens is 294 g/mol. The minimum Gasteiger partial charge on any atom is -0.176 e. The Labute approximate surface area is 138 Å². The molecule has 3 heteroatoms. The van der Waals surface area contributed by atoms with Gasteiger partial charge in [-0.1, -0.05) is 68.4 Å². The van der Waals surface area contributed by atoms with Crippen molar-refractivity contribution in [3.63, 3.8) is 0 Å². The highest BCUT2D eigenvalue weighted by Crippen LogP contribution is 2.14. The summed E-state index contributed by atoms with van der Waals surface area (Å²) in [5.74, 6) is 0. The van der Waals surface area contributed by atoms with Gasteiger partial charge in [0.25, 0.3) is 0 Å². The van der Waals surface area contributed by atoms with E-state index in [1.165, 1.54) is 25.7 Å². The van der Waals surface area contributed by atoms with Gasteiger partial charge in [0.15, 0.2) is 0 Å². The van der Waals surface area contributed by atoms with Gasteiger partial charge in [-0.25, -0.2) is 0 Å². The zero-order valence-corrected chi connectivity index (χ0v) is 15.0. The summed E-state index contributed by atoms with van der Waals surface area (Å²) in [7, 11) is -0.00120. The van der Waals surface area contributed by atoms with E-state index in [0.717, 1.165) is 38.3 Å². The Morgan fingerprint density at radius 3 is 1.73 bits per heavy atom. The van der Waals surface area contributed by atoms with Crippen molar-refractivity contribution in [3.05, 3.63) is 48.6 Å². The molecule has 0 fully saturated rings. The zero-order valence-electron chi connectivity index (χ0n) is 14.0. The molecule has 0 aromatic carbocycles. The normalized spacial score (nSPS) is 13.2. The number of rotatable bonds is 15. The minimum absolute atomic E-state index is 0.00120. The van der Waals surface area contributed by atoms with Crippen molar-refractivity contribution >= 4 is 8.81 Å². The molecule has 1 nitrogen and oxygen atoms in total. The van der Waals surface area contributed by atoms with Crippen LogP contribution in [0.4, 0.5) is 4.53 Å². The van der Waals surface area contributed by atoms with Gasteiger partial charge >= 0.3 is 0 Å². The third kappa shape index (κ3) is 19.3. The molecule has 0 aromatic rings. The van der Waals surface area contributed by atoms with Gasteiger partial charge in [-0.2, -0.15) is 4.73 Å². The standard InChI is InChI=1S/C19H32FOP/c1-2-3-4-5-6-7-8-9-10-11-12-13-14-15-16-17-18-19-22-21-20/h6-7,9-10,12-13,15-16,22H,2-5,8,11,14,17-19H2,1H3/b7-6-,10-9-,13-12-,16-15-. The number of allylic oxidation sites excluding steroid dienone is 8. The summed E-state index contributed by atoms with van der Waals surface area (Å²) in [6, 6.07) is 0. The first kappa shape index (κ1) is 21.3. The molecular formula is C19H32FOP. The lowest BCUT2D eigenvalue weighted by molar-refractivity contribution is 0.0153. The monoisotopic (exact) mass is 326 g/mol. The van der Waals surface area contributed by atoms with Crippen molar-refractivity contribution in [2.75, 3.05) is 6.16 Å². The Morgan fingerprint density at radius 2 is 1.23 bits per heavy atom. The van der Waals surface area contributed by atoms with Crippen LogP contribution in [-0.4, -0.2) is 6.16 Å². The summed E-state index contributed by atoms with van der Waals surface area (Å²) in [5.41, 5.74) is 0. The molecule has 0 aliphatic rings. The van der Waals surface area contributed by atoms with Crippen molar-refractivity contribution in [3.8, 4) is 0 Å². The van der Waals surface area contributed by atoms with E-state index < -0.39 is 0 Å². The van der Waals surface area contributed by atoms with Gasteiger partial charge in [-0.05, 0) is 55.6 Å². The molecule has 1 atom stereocenters. The molecule has 0 aliphatic heterocycles. The Hall–Kier alpha value is -0.720. The Bertz CT molecular complexity index is 321. The lowest BCUT2D eigenvalue weighted by atomic mass is 10.2. The molecule has 1 unspecified atom stereocenters. The highest BCUT2D eigenvalue weighted by molar-refractivity contribution is 7.32. The quantitative estimate of drug-likeness (QED) is 0.175. The van der Waals surface area contributed by atoms with Crippen LogP contribution in [0.3, 0.4) is 0 Å². The van der Waals surface area contributed by atoms with E-state index in [0.29, 0.717) is 0 Å². The van der Waals surface area contributed by atoms with Crippen molar-refractivity contribution in [2.45, 2.75) is 64.7 Å². The summed E-state index contributed by atoms with van der Waals surface area (Å²) in [6.45, 7) is 2.24. The minimum atomic E-state index is -0.00120. The van der Waals surface area contributed by atoms with E-state index in [2.05, 4.69) is 60.3 Å². The van der Waals surface area contributed by atoms with E-state index in [1.54, 1.807) is 0 Å². The van der Waals surface area contributed by atoms with Gasteiger partial charge in [0.05, 0.1) is 8.81 Å². The maximum absolute atomic E-state index is 11.4. The largest absolute Gasteiger partial charge is 0.176 e. The van der Waals surface area contributed by atoms with Crippen LogP contribution in [0.15, 0.2) is 48.6 Å². The van der Waals surface area contributed by atoms with Crippen LogP contribution in [0, 0.1) is 0 Å². The molecule has 22 heavy (non-hydrogen) atoms. The van der Waals surface area contributed by atoms with Gasteiger partial charge in [0, 0.05) is 0 Å². The van der Waals surface area contributed by atoms with Crippen LogP contribution in [0.1, 0.15) is 64.7 Å². The fraction of sp³-hybridized carbons (Fsp3) is 0.579. The lowest BCUT2D eigenvalue weighted by Crippen LogP contribution is -1.74. The molecule has 0 heterocycles. The van der Waals surface area contributed by atoms with Crippen molar-refractivity contribution in [1.82, 2.24) is 0 Å². The molecule has 0 amide bonds. The van der Waals surface area contributed by atoms with Crippen LogP contribution >= 0.6 is 8.81 Å². The number of halogens is 1. The molecule has 0 rings (SSSR count). The molecule has 0 N–H and O–H groups in total. The lowest BCUT2D eigenvalue weighted by Gasteiger charge is -1.91. The summed E-state index contributed by atoms with van der Waals surface area (Å²) < 4.78 is 14.9. The number of hydrogen-bond donors (Lipinski definition) is 0. The summed E-state index contributed by atoms with van der Waals surface area (Å²) >= 11 is 0. The van der Waals surface area contributed by atoms with Gasteiger partial charge in [0.1, 0.15) is 0 Å². The van der Waals surface area contributed by atoms with E-state index >= 15 is 0 Å². The van der Waals surface area contributed by atoms with Crippen molar-refractivity contribution in [1.29, 1.82) is 0 Å². The second-order valence-corrected chi connectivity index (χ2v) is 6.15. The van der Waals surface area contributed by atoms with Crippen molar-refractivity contribution < 1.29 is 9.25 Å². The summed E-state index contributed by atoms with van der Waals surface area (Å²) in [4.78, 5) is 0. The molecule has 0 saturated carbocycles. The van der Waals surface area contributed by atoms with Crippen LogP contribution in [0.5, 0.6) is 0 Å². The number of hydrogen-bond acceptors (Lipinski definition) is 1. The molecule has 0 saturated heterocycles. The molecule has 0 spiro atoms. The number of unbranched alkanes of at least 4 members (excludes halogenated alkanes) is 4. The highest BCUT2D eigenvalue weighted by atomic mass is 31.1. The fourth-order valence-electron chi connectivity index (χ4n) is 1.89. The maximum Gasteiger partial charge on any atom is 0.0626 e. The Morgan fingerprint density at radius 1 is 0.727 bits per heavy atom. The predicted octanol–water partition coefficient (Wildman–Crippen LogP) is 7.24. The topological polar surface area (TPSA) is 9.23 Å². The molecule has 0 radical (unpaired) electrons. The first-order chi connectivity index (χ1) is 10.9. The zero-order chi connectivity index (χ0) is 16.1. The van der Waals surface area contributed by atoms with Gasteiger partial charge in [0.2, 0.25) is 0 Å². The second-order valence-electron chi connectivity index (χ2n) is 5.20. The van der Waals surface area contributed by atoms with E-state index in [-0.39, 0.29) is 8.81 Å². The first-order valence-electron chi connectivity index (χ1n) is 8.52. The van der Waals surface area contributed by atoms with E-state index in [4.69, 9.17) is 0 Å². The Kier molecular flexibility index (Phi) is 19.6. The smallest absolute Gasteiger partial charge is 0.0626 e. The molecule has 0 aromatic heterocycles. The molecule has 126 valence electrons.